The van der Waals surface area contributed by atoms with Gasteiger partial charge in [-0.1, -0.05) is 30.3 Å². The van der Waals surface area contributed by atoms with Crippen molar-refractivity contribution >= 4 is 29.6 Å². The lowest BCUT2D eigenvalue weighted by atomic mass is 10.2. The molecule has 1 aromatic heterocycles. The number of ether oxygens (including phenoxy) is 1. The van der Waals surface area contributed by atoms with E-state index in [9.17, 15) is 24.0 Å². The van der Waals surface area contributed by atoms with Gasteiger partial charge in [0, 0.05) is 21.0 Å². The van der Waals surface area contributed by atoms with Crippen LogP contribution >= 0.6 is 0 Å². The third kappa shape index (κ3) is 4.86. The molecule has 10 heteroatoms. The Morgan fingerprint density at radius 2 is 1.72 bits per heavy atom. The first-order valence-electron chi connectivity index (χ1n) is 8.43. The second kappa shape index (κ2) is 8.83. The van der Waals surface area contributed by atoms with Gasteiger partial charge in [-0.05, 0) is 11.6 Å². The molecule has 0 unspecified atom stereocenters. The largest absolute Gasteiger partial charge is 0.453 e. The number of nitrogens with one attached hydrogen (secondary N) is 1. The third-order valence-electron chi connectivity index (χ3n) is 3.96. The van der Waals surface area contributed by atoms with E-state index in [1.807, 2.05) is 0 Å². The molecule has 1 heterocycles. The van der Waals surface area contributed by atoms with E-state index in [-0.39, 0.29) is 11.5 Å². The van der Waals surface area contributed by atoms with Crippen molar-refractivity contribution in [1.29, 1.82) is 0 Å². The van der Waals surface area contributed by atoms with Crippen molar-refractivity contribution in [3.8, 4) is 0 Å². The molecular weight excluding hydrogens is 380 g/mol. The van der Waals surface area contributed by atoms with Crippen LogP contribution in [0.1, 0.15) is 22.8 Å². The summed E-state index contributed by atoms with van der Waals surface area (Å²) in [6.07, 6.45) is 1.38. The summed E-state index contributed by atoms with van der Waals surface area (Å²) >= 11 is 0. The minimum Gasteiger partial charge on any atom is -0.453 e. The number of carbonyl (C=O) groups excluding carboxylic acids is 3. The zero-order valence-corrected chi connectivity index (χ0v) is 16.1. The van der Waals surface area contributed by atoms with Crippen LogP contribution in [0.4, 0.5) is 5.82 Å². The number of hydrogen-bond acceptors (Lipinski definition) is 7. The summed E-state index contributed by atoms with van der Waals surface area (Å²) in [4.78, 5) is 60.2. The van der Waals surface area contributed by atoms with Crippen molar-refractivity contribution in [3.63, 3.8) is 0 Å². The van der Waals surface area contributed by atoms with E-state index in [4.69, 9.17) is 10.5 Å². The molecule has 1 amide bonds. The van der Waals surface area contributed by atoms with Crippen LogP contribution in [0.3, 0.4) is 0 Å². The number of nitrogen functional groups attached to an aromatic ring is 1. The summed E-state index contributed by atoms with van der Waals surface area (Å²) in [7, 11) is 2.50. The Bertz CT molecular complexity index is 1110. The molecule has 0 bridgehead atoms. The molecule has 10 nitrogen and oxygen atoms in total. The Labute approximate surface area is 165 Å². The number of rotatable bonds is 6. The number of hydrogen-bond donors (Lipinski definition) is 2. The second-order valence-electron chi connectivity index (χ2n) is 6.12. The lowest BCUT2D eigenvalue weighted by molar-refractivity contribution is -0.139. The summed E-state index contributed by atoms with van der Waals surface area (Å²) < 4.78 is 6.62. The highest BCUT2D eigenvalue weighted by Gasteiger charge is 2.22. The fourth-order valence-electron chi connectivity index (χ4n) is 2.45. The van der Waals surface area contributed by atoms with Gasteiger partial charge in [-0.15, -0.1) is 0 Å². The highest BCUT2D eigenvalue weighted by Crippen LogP contribution is 2.08. The monoisotopic (exact) mass is 400 g/mol. The number of amides is 1. The molecule has 0 radical (unpaired) electrons. The summed E-state index contributed by atoms with van der Waals surface area (Å²) in [5.41, 5.74) is 4.09. The number of Topliss-reactive ketones (excluding diaryl/α,β-unsaturated/α-hetero) is 1. The number of nitrogens with two attached hydrogens (primary N) is 1. The average Bonchev–Trinajstić information content (AvgIpc) is 2.69. The van der Waals surface area contributed by atoms with Gasteiger partial charge in [0.05, 0.1) is 0 Å². The number of nitrogens with zero attached hydrogens (tertiary/aromatic N) is 2. The SMILES string of the molecule is CC(=O)N/C(=C\c1ccccc1)C(=O)OCC(=O)c1c(N)n(C)c(=O)n(C)c1=O. The maximum atomic E-state index is 12.4. The van der Waals surface area contributed by atoms with Crippen molar-refractivity contribution in [3.05, 3.63) is 68.0 Å². The molecule has 1 aromatic carbocycles. The molecule has 0 spiro atoms. The van der Waals surface area contributed by atoms with Crippen molar-refractivity contribution in [2.75, 3.05) is 12.3 Å². The van der Waals surface area contributed by atoms with Crippen molar-refractivity contribution in [2.24, 2.45) is 14.1 Å². The Balaban J connectivity index is 2.26. The average molecular weight is 400 g/mol. The van der Waals surface area contributed by atoms with Crippen LogP contribution in [0, 0.1) is 0 Å². The Morgan fingerprint density at radius 3 is 2.31 bits per heavy atom. The predicted molar refractivity (Wildman–Crippen MR) is 105 cm³/mol. The fraction of sp³-hybridized carbons (Fsp3) is 0.211. The van der Waals surface area contributed by atoms with Gasteiger partial charge in [0.15, 0.2) is 6.61 Å². The van der Waals surface area contributed by atoms with E-state index in [0.29, 0.717) is 5.56 Å². The van der Waals surface area contributed by atoms with E-state index in [1.54, 1.807) is 30.3 Å². The van der Waals surface area contributed by atoms with Crippen LogP contribution in [0.5, 0.6) is 0 Å². The second-order valence-corrected chi connectivity index (χ2v) is 6.12. The van der Waals surface area contributed by atoms with Crippen LogP contribution in [-0.2, 0) is 28.4 Å². The molecule has 0 fully saturated rings. The van der Waals surface area contributed by atoms with Crippen molar-refractivity contribution < 1.29 is 19.1 Å². The molecule has 29 heavy (non-hydrogen) atoms. The minimum atomic E-state index is -0.974. The van der Waals surface area contributed by atoms with E-state index in [1.165, 1.54) is 27.1 Å². The van der Waals surface area contributed by atoms with Gasteiger partial charge in [0.2, 0.25) is 11.7 Å². The molecular formula is C19H20N4O6. The minimum absolute atomic E-state index is 0.183. The number of aromatic nitrogens is 2. The summed E-state index contributed by atoms with van der Waals surface area (Å²) in [5.74, 6) is -2.70. The quantitative estimate of drug-likeness (QED) is 0.380. The zero-order chi connectivity index (χ0) is 21.7. The van der Waals surface area contributed by atoms with Gasteiger partial charge in [-0.25, -0.2) is 9.59 Å². The highest BCUT2D eigenvalue weighted by atomic mass is 16.5. The van der Waals surface area contributed by atoms with E-state index >= 15 is 0 Å². The molecule has 2 aromatic rings. The van der Waals surface area contributed by atoms with Crippen molar-refractivity contribution in [1.82, 2.24) is 14.5 Å². The van der Waals surface area contributed by atoms with E-state index in [0.717, 1.165) is 9.13 Å². The van der Waals surface area contributed by atoms with Crippen LogP contribution < -0.4 is 22.3 Å². The molecule has 152 valence electrons. The zero-order valence-electron chi connectivity index (χ0n) is 16.1. The number of carbonyl (C=O) groups is 3. The van der Waals surface area contributed by atoms with Crippen LogP contribution in [0.15, 0.2) is 45.6 Å². The van der Waals surface area contributed by atoms with E-state index < -0.39 is 41.1 Å². The topological polar surface area (TPSA) is 142 Å². The maximum absolute atomic E-state index is 12.4. The van der Waals surface area contributed by atoms with Gasteiger partial charge >= 0.3 is 11.7 Å². The Morgan fingerprint density at radius 1 is 1.10 bits per heavy atom. The van der Waals surface area contributed by atoms with Gasteiger partial charge in [0.25, 0.3) is 5.56 Å². The fourth-order valence-corrected chi connectivity index (χ4v) is 2.45. The maximum Gasteiger partial charge on any atom is 0.355 e. The smallest absolute Gasteiger partial charge is 0.355 e. The van der Waals surface area contributed by atoms with Gasteiger partial charge in [0.1, 0.15) is 17.1 Å². The summed E-state index contributed by atoms with van der Waals surface area (Å²) in [6.45, 7) is 0.411. The Hall–Kier alpha value is -3.95. The molecule has 0 aliphatic carbocycles. The standard InChI is InChI=1S/C19H20N4O6/c1-11(24)21-13(9-12-7-5-4-6-8-12)18(27)29-10-14(25)15-16(20)22(2)19(28)23(3)17(15)26/h4-9H,10,20H2,1-3H3,(H,21,24)/b13-9-. The summed E-state index contributed by atoms with van der Waals surface area (Å²) in [6, 6.07) is 8.67. The molecule has 0 atom stereocenters. The van der Waals surface area contributed by atoms with Crippen molar-refractivity contribution in [2.45, 2.75) is 6.92 Å². The number of ketones is 1. The highest BCUT2D eigenvalue weighted by molar-refractivity contribution is 6.03. The summed E-state index contributed by atoms with van der Waals surface area (Å²) in [5, 5.41) is 2.34. The number of benzene rings is 1. The number of anilines is 1. The Kier molecular flexibility index (Phi) is 6.50. The molecule has 3 N–H and O–H groups in total. The van der Waals surface area contributed by atoms with Crippen LogP contribution in [0.25, 0.3) is 6.08 Å². The predicted octanol–water partition coefficient (Wildman–Crippen LogP) is -0.431. The normalized spacial score (nSPS) is 11.1. The van der Waals surface area contributed by atoms with Gasteiger partial charge in [-0.2, -0.15) is 0 Å². The van der Waals surface area contributed by atoms with E-state index in [2.05, 4.69) is 5.32 Å². The van der Waals surface area contributed by atoms with Gasteiger partial charge < -0.3 is 15.8 Å². The first-order chi connectivity index (χ1) is 13.6. The molecule has 0 aliphatic rings. The van der Waals surface area contributed by atoms with Crippen LogP contribution in [0.2, 0.25) is 0 Å². The lowest BCUT2D eigenvalue weighted by Crippen LogP contribution is -2.42. The molecule has 0 aliphatic heterocycles. The van der Waals surface area contributed by atoms with Crippen LogP contribution in [-0.4, -0.2) is 33.4 Å². The third-order valence-corrected chi connectivity index (χ3v) is 3.96. The molecule has 2 rings (SSSR count). The van der Waals surface area contributed by atoms with Gasteiger partial charge in [-0.3, -0.25) is 23.5 Å². The first-order valence-corrected chi connectivity index (χ1v) is 8.43. The molecule has 0 saturated carbocycles. The first kappa shape index (κ1) is 21.4. The number of esters is 1. The molecule has 0 saturated heterocycles. The lowest BCUT2D eigenvalue weighted by Gasteiger charge is -2.12.